The molecule has 1 N–H and O–H groups in total. The molecule has 0 heterocycles. The second-order valence-electron chi connectivity index (χ2n) is 5.71. The van der Waals surface area contributed by atoms with Crippen LogP contribution in [0.1, 0.15) is 29.6 Å². The number of allylic oxidation sites excluding steroid dienone is 2. The third-order valence-electron chi connectivity index (χ3n) is 4.02. The number of hydrogen-bond acceptors (Lipinski definition) is 2. The van der Waals surface area contributed by atoms with Crippen LogP contribution in [0, 0.1) is 5.92 Å². The fourth-order valence-electron chi connectivity index (χ4n) is 2.66. The molecule has 2 aromatic rings. The Bertz CT molecular complexity index is 702. The zero-order chi connectivity index (χ0) is 15.9. The number of amides is 1. The monoisotopic (exact) mass is 304 g/mol. The highest BCUT2D eigenvalue weighted by Gasteiger charge is 2.08. The highest BCUT2D eigenvalue weighted by molar-refractivity contribution is 5.94. The highest BCUT2D eigenvalue weighted by atomic mass is 16.2. The largest absolute Gasteiger partial charge is 0.271 e. The molecule has 23 heavy (non-hydrogen) atoms. The summed E-state index contributed by atoms with van der Waals surface area (Å²) in [5.41, 5.74) is 5.47. The number of hydrogen-bond donors (Lipinski definition) is 1. The summed E-state index contributed by atoms with van der Waals surface area (Å²) in [4.78, 5) is 12.1. The third kappa shape index (κ3) is 4.16. The fraction of sp³-hybridized carbons (Fsp3) is 0.200. The minimum absolute atomic E-state index is 0.174. The molecule has 0 fully saturated rings. The van der Waals surface area contributed by atoms with E-state index in [1.165, 1.54) is 0 Å². The van der Waals surface area contributed by atoms with Gasteiger partial charge in [0.2, 0.25) is 0 Å². The first-order chi connectivity index (χ1) is 11.3. The molecule has 3 heteroatoms. The normalized spacial score (nSPS) is 17.3. The van der Waals surface area contributed by atoms with E-state index in [2.05, 4.69) is 34.8 Å². The second-order valence-corrected chi connectivity index (χ2v) is 5.71. The van der Waals surface area contributed by atoms with E-state index in [4.69, 9.17) is 0 Å². The minimum Gasteiger partial charge on any atom is -0.267 e. The number of nitrogens with zero attached hydrogens (tertiary/aromatic N) is 1. The number of benzene rings is 2. The van der Waals surface area contributed by atoms with E-state index in [1.807, 2.05) is 48.7 Å². The summed E-state index contributed by atoms with van der Waals surface area (Å²) < 4.78 is 0. The van der Waals surface area contributed by atoms with Gasteiger partial charge in [-0.3, -0.25) is 4.79 Å². The lowest BCUT2D eigenvalue weighted by atomic mass is 9.96. The maximum absolute atomic E-state index is 12.1. The Kier molecular flexibility index (Phi) is 4.99. The molecule has 0 aliphatic heterocycles. The van der Waals surface area contributed by atoms with Crippen molar-refractivity contribution in [3.63, 3.8) is 0 Å². The van der Waals surface area contributed by atoms with Gasteiger partial charge in [-0.05, 0) is 48.4 Å². The van der Waals surface area contributed by atoms with E-state index < -0.39 is 0 Å². The molecular weight excluding hydrogens is 284 g/mol. The first kappa shape index (κ1) is 15.2. The maximum Gasteiger partial charge on any atom is 0.271 e. The molecule has 3 nitrogen and oxygen atoms in total. The van der Waals surface area contributed by atoms with Crippen LogP contribution in [0.25, 0.3) is 11.1 Å². The summed E-state index contributed by atoms with van der Waals surface area (Å²) in [6, 6.07) is 17.7. The van der Waals surface area contributed by atoms with Crippen molar-refractivity contribution >= 4 is 12.1 Å². The third-order valence-corrected chi connectivity index (χ3v) is 4.02. The first-order valence-corrected chi connectivity index (χ1v) is 7.97. The van der Waals surface area contributed by atoms with Crippen LogP contribution in [0.2, 0.25) is 0 Å². The van der Waals surface area contributed by atoms with Crippen LogP contribution in [-0.4, -0.2) is 12.1 Å². The van der Waals surface area contributed by atoms with E-state index in [-0.39, 0.29) is 5.91 Å². The average Bonchev–Trinajstić information content (AvgIpc) is 2.63. The van der Waals surface area contributed by atoms with Gasteiger partial charge in [-0.1, -0.05) is 54.6 Å². The number of carbonyl (C=O) groups is 1. The molecule has 0 bridgehead atoms. The van der Waals surface area contributed by atoms with Gasteiger partial charge in [0.15, 0.2) is 0 Å². The highest BCUT2D eigenvalue weighted by Crippen LogP contribution is 2.19. The standard InChI is InChI=1S/C20H20N2O/c23-20(22-21-15-16-7-3-1-4-8-16)19-13-11-18(12-14-19)17-9-5-2-6-10-17/h1-3,5-6,9-16H,4,7-8H2,(H,22,23). The number of nitrogens with one attached hydrogen (secondary N) is 1. The Balaban J connectivity index is 1.59. The molecule has 1 aliphatic carbocycles. The Labute approximate surface area is 136 Å². The summed E-state index contributed by atoms with van der Waals surface area (Å²) in [5, 5.41) is 4.09. The van der Waals surface area contributed by atoms with Crippen LogP contribution in [0.15, 0.2) is 71.9 Å². The summed E-state index contributed by atoms with van der Waals surface area (Å²) >= 11 is 0. The van der Waals surface area contributed by atoms with Crippen LogP contribution in [0.4, 0.5) is 0 Å². The average molecular weight is 304 g/mol. The lowest BCUT2D eigenvalue weighted by Crippen LogP contribution is -2.18. The maximum atomic E-state index is 12.1. The van der Waals surface area contributed by atoms with Crippen molar-refractivity contribution < 1.29 is 4.79 Å². The lowest BCUT2D eigenvalue weighted by molar-refractivity contribution is 0.0955. The van der Waals surface area contributed by atoms with Crippen molar-refractivity contribution in [3.8, 4) is 11.1 Å². The van der Waals surface area contributed by atoms with Crippen molar-refractivity contribution in [3.05, 3.63) is 72.3 Å². The predicted octanol–water partition coefficient (Wildman–Crippen LogP) is 4.43. The molecule has 1 amide bonds. The minimum atomic E-state index is -0.174. The predicted molar refractivity (Wildman–Crippen MR) is 94.3 cm³/mol. The summed E-state index contributed by atoms with van der Waals surface area (Å²) in [5.74, 6) is 0.257. The van der Waals surface area contributed by atoms with Gasteiger partial charge in [0.1, 0.15) is 0 Å². The van der Waals surface area contributed by atoms with Crippen molar-refractivity contribution in [1.82, 2.24) is 5.43 Å². The molecule has 0 saturated heterocycles. The molecule has 116 valence electrons. The van der Waals surface area contributed by atoms with Crippen LogP contribution in [-0.2, 0) is 0 Å². The second kappa shape index (κ2) is 7.54. The van der Waals surface area contributed by atoms with E-state index in [1.54, 1.807) is 0 Å². The van der Waals surface area contributed by atoms with E-state index in [0.717, 1.165) is 30.4 Å². The van der Waals surface area contributed by atoms with E-state index in [9.17, 15) is 4.79 Å². The van der Waals surface area contributed by atoms with Gasteiger partial charge in [0.05, 0.1) is 0 Å². The van der Waals surface area contributed by atoms with Crippen LogP contribution < -0.4 is 5.43 Å². The molecule has 0 spiro atoms. The van der Waals surface area contributed by atoms with Gasteiger partial charge in [-0.2, -0.15) is 5.10 Å². The van der Waals surface area contributed by atoms with Crippen LogP contribution in [0.3, 0.4) is 0 Å². The van der Waals surface area contributed by atoms with Crippen molar-refractivity contribution in [1.29, 1.82) is 0 Å². The number of rotatable bonds is 4. The molecule has 1 atom stereocenters. The van der Waals surface area contributed by atoms with Gasteiger partial charge < -0.3 is 0 Å². The molecule has 0 aromatic heterocycles. The van der Waals surface area contributed by atoms with Gasteiger partial charge in [0.25, 0.3) is 5.91 Å². The van der Waals surface area contributed by atoms with Gasteiger partial charge in [-0.25, -0.2) is 5.43 Å². The van der Waals surface area contributed by atoms with Crippen LogP contribution in [0.5, 0.6) is 0 Å². The lowest BCUT2D eigenvalue weighted by Gasteiger charge is -2.11. The Hall–Kier alpha value is -2.68. The van der Waals surface area contributed by atoms with Gasteiger partial charge >= 0.3 is 0 Å². The smallest absolute Gasteiger partial charge is 0.267 e. The SMILES string of the molecule is O=C(NN=CC1CC=CCC1)c1ccc(-c2ccccc2)cc1. The van der Waals surface area contributed by atoms with E-state index >= 15 is 0 Å². The molecular formula is C20H20N2O. The zero-order valence-electron chi connectivity index (χ0n) is 13.0. The summed E-state index contributed by atoms with van der Waals surface area (Å²) in [6.07, 6.45) is 9.40. The molecule has 0 saturated carbocycles. The van der Waals surface area contributed by atoms with E-state index in [0.29, 0.717) is 11.5 Å². The fourth-order valence-corrected chi connectivity index (χ4v) is 2.66. The zero-order valence-corrected chi connectivity index (χ0v) is 13.0. The summed E-state index contributed by atoms with van der Waals surface area (Å²) in [6.45, 7) is 0. The molecule has 3 rings (SSSR count). The van der Waals surface area contributed by atoms with Crippen molar-refractivity contribution in [2.45, 2.75) is 19.3 Å². The quantitative estimate of drug-likeness (QED) is 0.507. The van der Waals surface area contributed by atoms with Gasteiger partial charge in [-0.15, -0.1) is 0 Å². The molecule has 0 radical (unpaired) electrons. The topological polar surface area (TPSA) is 41.5 Å². The molecule has 1 aliphatic rings. The molecule has 2 aromatic carbocycles. The first-order valence-electron chi connectivity index (χ1n) is 7.97. The summed E-state index contributed by atoms with van der Waals surface area (Å²) in [7, 11) is 0. The number of carbonyl (C=O) groups excluding carboxylic acids is 1. The number of hydrazone groups is 1. The van der Waals surface area contributed by atoms with Crippen molar-refractivity contribution in [2.24, 2.45) is 11.0 Å². The van der Waals surface area contributed by atoms with Crippen LogP contribution >= 0.6 is 0 Å². The Morgan fingerprint density at radius 1 is 1.00 bits per heavy atom. The Morgan fingerprint density at radius 2 is 1.74 bits per heavy atom. The molecule has 1 unspecified atom stereocenters. The Morgan fingerprint density at radius 3 is 2.43 bits per heavy atom. The van der Waals surface area contributed by atoms with Crippen molar-refractivity contribution in [2.75, 3.05) is 0 Å². The van der Waals surface area contributed by atoms with Gasteiger partial charge in [0, 0.05) is 11.8 Å².